The fraction of sp³-hybridized carbons (Fsp3) is 0.400. The Balaban J connectivity index is 1.54. The number of nitrogens with one attached hydrogen (secondary N) is 2. The highest BCUT2D eigenvalue weighted by Crippen LogP contribution is 2.41. The van der Waals surface area contributed by atoms with Gasteiger partial charge in [0.25, 0.3) is 0 Å². The molecule has 1 heterocycles. The molecule has 2 aromatic carbocycles. The van der Waals surface area contributed by atoms with Gasteiger partial charge in [0.05, 0.1) is 0 Å². The summed E-state index contributed by atoms with van der Waals surface area (Å²) in [4.78, 5) is 0. The van der Waals surface area contributed by atoms with E-state index in [1.807, 2.05) is 12.1 Å². The molecule has 2 fully saturated rings. The van der Waals surface area contributed by atoms with E-state index >= 15 is 0 Å². The zero-order valence-corrected chi connectivity index (χ0v) is 14.0. The highest BCUT2D eigenvalue weighted by Gasteiger charge is 2.45. The molecule has 0 radical (unpaired) electrons. The maximum Gasteiger partial charge on any atom is 0.0481 e. The van der Waals surface area contributed by atoms with Gasteiger partial charge in [-0.2, -0.15) is 0 Å². The third-order valence-electron chi connectivity index (χ3n) is 5.43. The molecule has 0 amide bonds. The van der Waals surface area contributed by atoms with Gasteiger partial charge in [0, 0.05) is 29.7 Å². The number of benzene rings is 2. The van der Waals surface area contributed by atoms with Gasteiger partial charge in [-0.05, 0) is 36.0 Å². The molecule has 1 saturated heterocycles. The van der Waals surface area contributed by atoms with E-state index in [1.165, 1.54) is 30.4 Å². The second-order valence-corrected chi connectivity index (χ2v) is 7.16. The lowest BCUT2D eigenvalue weighted by Gasteiger charge is -2.25. The van der Waals surface area contributed by atoms with Crippen LogP contribution in [-0.2, 0) is 6.54 Å². The van der Waals surface area contributed by atoms with Crippen LogP contribution in [0.4, 0.5) is 0 Å². The topological polar surface area (TPSA) is 24.1 Å². The fourth-order valence-electron chi connectivity index (χ4n) is 4.31. The van der Waals surface area contributed by atoms with Gasteiger partial charge >= 0.3 is 0 Å². The van der Waals surface area contributed by atoms with Crippen molar-refractivity contribution in [1.82, 2.24) is 10.6 Å². The van der Waals surface area contributed by atoms with Crippen LogP contribution in [0.5, 0.6) is 0 Å². The average molecular weight is 327 g/mol. The molecule has 2 nitrogen and oxygen atoms in total. The van der Waals surface area contributed by atoms with E-state index in [4.69, 9.17) is 11.6 Å². The van der Waals surface area contributed by atoms with Crippen molar-refractivity contribution < 1.29 is 0 Å². The lowest BCUT2D eigenvalue weighted by molar-refractivity contribution is 0.374. The van der Waals surface area contributed by atoms with E-state index in [0.717, 1.165) is 17.5 Å². The summed E-state index contributed by atoms with van der Waals surface area (Å²) in [5.74, 6) is 0.725. The van der Waals surface area contributed by atoms with E-state index in [1.54, 1.807) is 0 Å². The first kappa shape index (κ1) is 15.2. The van der Waals surface area contributed by atoms with Crippen LogP contribution in [0.2, 0.25) is 5.02 Å². The Morgan fingerprint density at radius 3 is 2.61 bits per heavy atom. The molecule has 0 bridgehead atoms. The summed E-state index contributed by atoms with van der Waals surface area (Å²) in [5.41, 5.74) is 2.57. The summed E-state index contributed by atoms with van der Waals surface area (Å²) in [6.07, 6.45) is 3.97. The van der Waals surface area contributed by atoms with Crippen LogP contribution in [0.3, 0.4) is 0 Å². The molecule has 1 saturated carbocycles. The minimum atomic E-state index is 0.397. The van der Waals surface area contributed by atoms with Crippen LogP contribution >= 0.6 is 11.6 Å². The van der Waals surface area contributed by atoms with Crippen molar-refractivity contribution in [2.45, 2.75) is 43.9 Å². The lowest BCUT2D eigenvalue weighted by Crippen LogP contribution is -2.37. The SMILES string of the molecule is Clc1ccccc1CNC1C(c2ccccc2)NC2CCCC21. The molecule has 1 aliphatic heterocycles. The third kappa shape index (κ3) is 3.03. The number of rotatable bonds is 4. The Morgan fingerprint density at radius 1 is 1.00 bits per heavy atom. The Labute approximate surface area is 143 Å². The van der Waals surface area contributed by atoms with E-state index < -0.39 is 0 Å². The second-order valence-electron chi connectivity index (χ2n) is 6.75. The molecular weight excluding hydrogens is 304 g/mol. The van der Waals surface area contributed by atoms with E-state index in [9.17, 15) is 0 Å². The van der Waals surface area contributed by atoms with Crippen LogP contribution in [-0.4, -0.2) is 12.1 Å². The average Bonchev–Trinajstić information content (AvgIpc) is 3.16. The lowest BCUT2D eigenvalue weighted by atomic mass is 9.91. The first-order valence-electron chi connectivity index (χ1n) is 8.61. The molecule has 0 aromatic heterocycles. The van der Waals surface area contributed by atoms with E-state index in [-0.39, 0.29) is 0 Å². The summed E-state index contributed by atoms with van der Waals surface area (Å²) in [5, 5.41) is 8.54. The molecule has 120 valence electrons. The second kappa shape index (κ2) is 6.64. The summed E-state index contributed by atoms with van der Waals surface area (Å²) < 4.78 is 0. The number of halogens is 1. The van der Waals surface area contributed by atoms with Gasteiger partial charge < -0.3 is 10.6 Å². The molecular formula is C20H23ClN2. The molecule has 23 heavy (non-hydrogen) atoms. The Morgan fingerprint density at radius 2 is 1.78 bits per heavy atom. The van der Waals surface area contributed by atoms with Crippen LogP contribution in [0.1, 0.15) is 36.4 Å². The van der Waals surface area contributed by atoms with Gasteiger partial charge in [0.15, 0.2) is 0 Å². The molecule has 2 aromatic rings. The van der Waals surface area contributed by atoms with Crippen LogP contribution < -0.4 is 10.6 Å². The molecule has 4 rings (SSSR count). The molecule has 3 heteroatoms. The molecule has 2 N–H and O–H groups in total. The monoisotopic (exact) mass is 326 g/mol. The summed E-state index contributed by atoms with van der Waals surface area (Å²) >= 11 is 6.32. The van der Waals surface area contributed by atoms with E-state index in [0.29, 0.717) is 18.1 Å². The smallest absolute Gasteiger partial charge is 0.0481 e. The van der Waals surface area contributed by atoms with Crippen LogP contribution in [0, 0.1) is 5.92 Å². The number of fused-ring (bicyclic) bond motifs is 1. The zero-order chi connectivity index (χ0) is 15.6. The zero-order valence-electron chi connectivity index (χ0n) is 13.2. The molecule has 2 aliphatic rings. The van der Waals surface area contributed by atoms with Crippen molar-refractivity contribution in [1.29, 1.82) is 0 Å². The molecule has 4 atom stereocenters. The standard InChI is InChI=1S/C20H23ClN2/c21-17-11-5-4-9-15(17)13-22-20-16-10-6-12-18(16)23-19(20)14-7-2-1-3-8-14/h1-5,7-9,11,16,18-20,22-23H,6,10,12-13H2. The predicted octanol–water partition coefficient (Wildman–Crippen LogP) is 4.31. The van der Waals surface area contributed by atoms with Crippen LogP contribution in [0.25, 0.3) is 0 Å². The van der Waals surface area contributed by atoms with Gasteiger partial charge in [-0.1, -0.05) is 66.6 Å². The van der Waals surface area contributed by atoms with Gasteiger partial charge in [0.1, 0.15) is 0 Å². The highest BCUT2D eigenvalue weighted by molar-refractivity contribution is 6.31. The Hall–Kier alpha value is -1.35. The summed E-state index contributed by atoms with van der Waals surface area (Å²) in [7, 11) is 0. The fourth-order valence-corrected chi connectivity index (χ4v) is 4.51. The molecule has 4 unspecified atom stereocenters. The highest BCUT2D eigenvalue weighted by atomic mass is 35.5. The third-order valence-corrected chi connectivity index (χ3v) is 5.80. The minimum absolute atomic E-state index is 0.397. The summed E-state index contributed by atoms with van der Waals surface area (Å²) in [6, 6.07) is 20.5. The minimum Gasteiger partial charge on any atom is -0.308 e. The maximum absolute atomic E-state index is 6.32. The van der Waals surface area contributed by atoms with Crippen molar-refractivity contribution in [3.8, 4) is 0 Å². The van der Waals surface area contributed by atoms with Gasteiger partial charge in [-0.15, -0.1) is 0 Å². The molecule has 1 aliphatic carbocycles. The molecule has 0 spiro atoms. The summed E-state index contributed by atoms with van der Waals surface area (Å²) in [6.45, 7) is 0.832. The van der Waals surface area contributed by atoms with Gasteiger partial charge in [-0.3, -0.25) is 0 Å². The first-order chi connectivity index (χ1) is 11.3. The maximum atomic E-state index is 6.32. The largest absolute Gasteiger partial charge is 0.308 e. The van der Waals surface area contributed by atoms with Crippen molar-refractivity contribution in [3.63, 3.8) is 0 Å². The van der Waals surface area contributed by atoms with Crippen LogP contribution in [0.15, 0.2) is 54.6 Å². The van der Waals surface area contributed by atoms with Crippen molar-refractivity contribution >= 4 is 11.6 Å². The normalized spacial score (nSPS) is 29.6. The first-order valence-corrected chi connectivity index (χ1v) is 8.98. The van der Waals surface area contributed by atoms with Gasteiger partial charge in [0.2, 0.25) is 0 Å². The quantitative estimate of drug-likeness (QED) is 0.874. The number of hydrogen-bond acceptors (Lipinski definition) is 2. The van der Waals surface area contributed by atoms with Crippen molar-refractivity contribution in [2.75, 3.05) is 0 Å². The van der Waals surface area contributed by atoms with E-state index in [2.05, 4.69) is 53.1 Å². The Bertz CT molecular complexity index is 658. The van der Waals surface area contributed by atoms with Gasteiger partial charge in [-0.25, -0.2) is 0 Å². The van der Waals surface area contributed by atoms with Crippen molar-refractivity contribution in [2.24, 2.45) is 5.92 Å². The van der Waals surface area contributed by atoms with Crippen molar-refractivity contribution in [3.05, 3.63) is 70.7 Å². The Kier molecular flexibility index (Phi) is 4.39. The predicted molar refractivity (Wildman–Crippen MR) is 95.5 cm³/mol. The number of hydrogen-bond donors (Lipinski definition) is 2.